The zero-order valence-electron chi connectivity index (χ0n) is 16.5. The number of urea groups is 1. The van der Waals surface area contributed by atoms with Gasteiger partial charge in [-0.05, 0) is 63.1 Å². The van der Waals surface area contributed by atoms with Crippen LogP contribution in [0.25, 0.3) is 5.65 Å². The average molecular weight is 392 g/mol. The molecule has 2 N–H and O–H groups in total. The van der Waals surface area contributed by atoms with E-state index in [-0.39, 0.29) is 24.0 Å². The van der Waals surface area contributed by atoms with Crippen LogP contribution in [0.2, 0.25) is 0 Å². The Labute approximate surface area is 168 Å². The number of aromatic nitrogens is 3. The maximum atomic E-state index is 13.1. The number of hydrogen-bond acceptors (Lipinski definition) is 4. The SMILES string of the molecule is CC(C)NC(=O)Nc1ccc(C(=O)N2CCC[C@@H]2c2nnc3ccccn23)cc1. The number of carbonyl (C=O) groups excluding carboxylic acids is 2. The van der Waals surface area contributed by atoms with Crippen LogP contribution in [0.15, 0.2) is 48.7 Å². The molecule has 1 aromatic carbocycles. The smallest absolute Gasteiger partial charge is 0.319 e. The number of likely N-dealkylation sites (tertiary alicyclic amines) is 1. The highest BCUT2D eigenvalue weighted by Crippen LogP contribution is 2.32. The van der Waals surface area contributed by atoms with E-state index in [4.69, 9.17) is 0 Å². The molecule has 1 aliphatic rings. The molecule has 1 fully saturated rings. The first kappa shape index (κ1) is 18.9. The minimum Gasteiger partial charge on any atom is -0.336 e. The van der Waals surface area contributed by atoms with Crippen molar-refractivity contribution in [2.75, 3.05) is 11.9 Å². The Balaban J connectivity index is 1.50. The second kappa shape index (κ2) is 7.90. The summed E-state index contributed by atoms with van der Waals surface area (Å²) < 4.78 is 1.94. The van der Waals surface area contributed by atoms with Crippen molar-refractivity contribution < 1.29 is 9.59 Å². The first-order valence-corrected chi connectivity index (χ1v) is 9.81. The molecular formula is C21H24N6O2. The molecule has 0 aliphatic carbocycles. The molecule has 0 radical (unpaired) electrons. The summed E-state index contributed by atoms with van der Waals surface area (Å²) in [5.74, 6) is 0.744. The molecule has 1 atom stereocenters. The number of anilines is 1. The van der Waals surface area contributed by atoms with Crippen LogP contribution in [-0.4, -0.2) is 44.0 Å². The van der Waals surface area contributed by atoms with Crippen LogP contribution in [0.4, 0.5) is 10.5 Å². The van der Waals surface area contributed by atoms with Gasteiger partial charge in [0.1, 0.15) is 0 Å². The fraction of sp³-hybridized carbons (Fsp3) is 0.333. The molecule has 0 unspecified atom stereocenters. The molecule has 0 saturated carbocycles. The second-order valence-electron chi connectivity index (χ2n) is 7.47. The van der Waals surface area contributed by atoms with E-state index >= 15 is 0 Å². The highest BCUT2D eigenvalue weighted by atomic mass is 16.2. The van der Waals surface area contributed by atoms with Gasteiger partial charge in [0.15, 0.2) is 11.5 Å². The Hall–Kier alpha value is -3.42. The van der Waals surface area contributed by atoms with Crippen LogP contribution < -0.4 is 10.6 Å². The third-order valence-corrected chi connectivity index (χ3v) is 4.96. The highest BCUT2D eigenvalue weighted by molar-refractivity contribution is 5.96. The zero-order chi connectivity index (χ0) is 20.4. The van der Waals surface area contributed by atoms with E-state index in [1.54, 1.807) is 24.3 Å². The van der Waals surface area contributed by atoms with Gasteiger partial charge in [0, 0.05) is 30.0 Å². The minimum absolute atomic E-state index is 0.0432. The van der Waals surface area contributed by atoms with Crippen LogP contribution in [0.1, 0.15) is 48.9 Å². The summed E-state index contributed by atoms with van der Waals surface area (Å²) in [6.07, 6.45) is 3.71. The molecule has 0 bridgehead atoms. The van der Waals surface area contributed by atoms with Crippen molar-refractivity contribution in [3.05, 3.63) is 60.0 Å². The third kappa shape index (κ3) is 3.91. The van der Waals surface area contributed by atoms with Crippen LogP contribution in [-0.2, 0) is 0 Å². The van der Waals surface area contributed by atoms with Crippen molar-refractivity contribution in [2.45, 2.75) is 38.8 Å². The van der Waals surface area contributed by atoms with Gasteiger partial charge < -0.3 is 15.5 Å². The lowest BCUT2D eigenvalue weighted by Crippen LogP contribution is -2.34. The maximum Gasteiger partial charge on any atom is 0.319 e. The van der Waals surface area contributed by atoms with Gasteiger partial charge in [-0.1, -0.05) is 6.07 Å². The fourth-order valence-corrected chi connectivity index (χ4v) is 3.66. The van der Waals surface area contributed by atoms with Crippen LogP contribution >= 0.6 is 0 Å². The topological polar surface area (TPSA) is 91.6 Å². The molecule has 8 heteroatoms. The summed E-state index contributed by atoms with van der Waals surface area (Å²) in [6.45, 7) is 4.47. The number of hydrogen-bond donors (Lipinski definition) is 2. The minimum atomic E-state index is -0.266. The number of pyridine rings is 1. The summed E-state index contributed by atoms with van der Waals surface area (Å²) in [6, 6.07) is 12.4. The number of rotatable bonds is 4. The highest BCUT2D eigenvalue weighted by Gasteiger charge is 2.33. The van der Waals surface area contributed by atoms with Crippen LogP contribution in [0.3, 0.4) is 0 Å². The summed E-state index contributed by atoms with van der Waals surface area (Å²) in [7, 11) is 0. The van der Waals surface area contributed by atoms with Crippen molar-refractivity contribution >= 4 is 23.3 Å². The van der Waals surface area contributed by atoms with Gasteiger partial charge in [-0.25, -0.2) is 4.79 Å². The summed E-state index contributed by atoms with van der Waals surface area (Å²) >= 11 is 0. The lowest BCUT2D eigenvalue weighted by atomic mass is 10.1. The molecule has 1 aliphatic heterocycles. The average Bonchev–Trinajstić information content (AvgIpc) is 3.34. The second-order valence-corrected chi connectivity index (χ2v) is 7.47. The molecule has 8 nitrogen and oxygen atoms in total. The first-order valence-electron chi connectivity index (χ1n) is 9.81. The molecule has 3 aromatic rings. The normalized spacial score (nSPS) is 16.4. The van der Waals surface area contributed by atoms with E-state index in [2.05, 4.69) is 20.8 Å². The Kier molecular flexibility index (Phi) is 5.16. The Morgan fingerprint density at radius 3 is 2.66 bits per heavy atom. The summed E-state index contributed by atoms with van der Waals surface area (Å²) in [5, 5.41) is 14.1. The van der Waals surface area contributed by atoms with Gasteiger partial charge in [-0.2, -0.15) is 0 Å². The van der Waals surface area contributed by atoms with E-state index < -0.39 is 0 Å². The van der Waals surface area contributed by atoms with Crippen molar-refractivity contribution in [1.82, 2.24) is 24.8 Å². The number of nitrogens with zero attached hydrogens (tertiary/aromatic N) is 4. The third-order valence-electron chi connectivity index (χ3n) is 4.96. The first-order chi connectivity index (χ1) is 14.0. The number of fused-ring (bicyclic) bond motifs is 1. The Bertz CT molecular complexity index is 1030. The molecule has 150 valence electrons. The molecule has 0 spiro atoms. The Morgan fingerprint density at radius 2 is 1.90 bits per heavy atom. The van der Waals surface area contributed by atoms with Gasteiger partial charge in [0.25, 0.3) is 5.91 Å². The maximum absolute atomic E-state index is 13.1. The number of carbonyl (C=O) groups is 2. The predicted molar refractivity (Wildman–Crippen MR) is 110 cm³/mol. The largest absolute Gasteiger partial charge is 0.336 e. The van der Waals surface area contributed by atoms with Gasteiger partial charge in [-0.3, -0.25) is 9.20 Å². The lowest BCUT2D eigenvalue weighted by Gasteiger charge is -2.23. The van der Waals surface area contributed by atoms with Gasteiger partial charge in [-0.15, -0.1) is 10.2 Å². The van der Waals surface area contributed by atoms with Crippen molar-refractivity contribution in [3.63, 3.8) is 0 Å². The standard InChI is InChI=1S/C21H24N6O2/c1-14(2)22-21(29)23-16-10-8-15(9-11-16)20(28)26-13-5-6-17(26)19-25-24-18-7-3-4-12-27(18)19/h3-4,7-12,14,17H,5-6,13H2,1-2H3,(H2,22,23,29)/t17-/m1/s1. The molecule has 4 rings (SSSR count). The molecular weight excluding hydrogens is 368 g/mol. The van der Waals surface area contributed by atoms with Gasteiger partial charge in [0.05, 0.1) is 6.04 Å². The van der Waals surface area contributed by atoms with Crippen molar-refractivity contribution in [2.24, 2.45) is 0 Å². The molecule has 1 saturated heterocycles. The van der Waals surface area contributed by atoms with Crippen LogP contribution in [0, 0.1) is 0 Å². The Morgan fingerprint density at radius 1 is 1.10 bits per heavy atom. The predicted octanol–water partition coefficient (Wildman–Crippen LogP) is 3.24. The van der Waals surface area contributed by atoms with E-state index in [1.165, 1.54) is 0 Å². The fourth-order valence-electron chi connectivity index (χ4n) is 3.66. The summed E-state index contributed by atoms with van der Waals surface area (Å²) in [5.41, 5.74) is 2.00. The van der Waals surface area contributed by atoms with E-state index in [9.17, 15) is 9.59 Å². The number of nitrogens with one attached hydrogen (secondary N) is 2. The number of benzene rings is 1. The zero-order valence-corrected chi connectivity index (χ0v) is 16.5. The van der Waals surface area contributed by atoms with E-state index in [0.717, 1.165) is 24.3 Å². The quantitative estimate of drug-likeness (QED) is 0.713. The van der Waals surface area contributed by atoms with Gasteiger partial charge in [0.2, 0.25) is 0 Å². The molecule has 2 aromatic heterocycles. The molecule has 3 amide bonds. The van der Waals surface area contributed by atoms with Crippen molar-refractivity contribution in [1.29, 1.82) is 0 Å². The van der Waals surface area contributed by atoms with E-state index in [0.29, 0.717) is 17.8 Å². The number of amides is 3. The monoisotopic (exact) mass is 392 g/mol. The van der Waals surface area contributed by atoms with Gasteiger partial charge >= 0.3 is 6.03 Å². The van der Waals surface area contributed by atoms with Crippen molar-refractivity contribution in [3.8, 4) is 0 Å². The summed E-state index contributed by atoms with van der Waals surface area (Å²) in [4.78, 5) is 26.8. The molecule has 29 heavy (non-hydrogen) atoms. The lowest BCUT2D eigenvalue weighted by molar-refractivity contribution is 0.0729. The molecule has 3 heterocycles. The van der Waals surface area contributed by atoms with E-state index in [1.807, 2.05) is 47.5 Å². The van der Waals surface area contributed by atoms with Crippen LogP contribution in [0.5, 0.6) is 0 Å².